The van der Waals surface area contributed by atoms with Crippen molar-refractivity contribution in [1.82, 2.24) is 5.32 Å². The Bertz CT molecular complexity index is 421. The molecule has 0 unspecified atom stereocenters. The van der Waals surface area contributed by atoms with Crippen LogP contribution < -0.4 is 10.6 Å². The molecule has 0 fully saturated rings. The molecule has 0 saturated carbocycles. The molecule has 1 amide bonds. The van der Waals surface area contributed by atoms with Crippen LogP contribution in [0, 0.1) is 0 Å². The van der Waals surface area contributed by atoms with Gasteiger partial charge in [-0.25, -0.2) is 4.79 Å². The van der Waals surface area contributed by atoms with E-state index in [0.717, 1.165) is 0 Å². The van der Waals surface area contributed by atoms with Gasteiger partial charge in [0.05, 0.1) is 17.3 Å². The van der Waals surface area contributed by atoms with Crippen LogP contribution in [0.25, 0.3) is 0 Å². The number of amides is 1. The predicted octanol–water partition coefficient (Wildman–Crippen LogP) is 1.20. The number of aromatic carboxylic acids is 1. The maximum Gasteiger partial charge on any atom is 0.339 e. The number of anilines is 1. The molecule has 0 atom stereocenters. The van der Waals surface area contributed by atoms with Crippen molar-refractivity contribution in [3.05, 3.63) is 28.8 Å². The molecular formula is C10H11ClN2O3. The van der Waals surface area contributed by atoms with Gasteiger partial charge in [0.1, 0.15) is 5.56 Å². The van der Waals surface area contributed by atoms with Crippen molar-refractivity contribution in [1.29, 1.82) is 0 Å². The van der Waals surface area contributed by atoms with Crippen molar-refractivity contribution in [2.45, 2.75) is 0 Å². The number of carboxylic acid groups (broad SMARTS) is 1. The Balaban J connectivity index is 3.00. The smallest absolute Gasteiger partial charge is 0.339 e. The molecule has 6 heteroatoms. The summed E-state index contributed by atoms with van der Waals surface area (Å²) in [6.07, 6.45) is 0. The van der Waals surface area contributed by atoms with Crippen LogP contribution in [0.1, 0.15) is 10.4 Å². The summed E-state index contributed by atoms with van der Waals surface area (Å²) in [4.78, 5) is 22.2. The fourth-order valence-corrected chi connectivity index (χ4v) is 1.46. The maximum absolute atomic E-state index is 11.3. The van der Waals surface area contributed by atoms with Crippen molar-refractivity contribution in [3.8, 4) is 0 Å². The zero-order valence-corrected chi connectivity index (χ0v) is 9.34. The van der Waals surface area contributed by atoms with E-state index in [1.807, 2.05) is 0 Å². The predicted molar refractivity (Wildman–Crippen MR) is 61.0 cm³/mol. The molecular weight excluding hydrogens is 232 g/mol. The molecule has 0 aliphatic heterocycles. The average molecular weight is 243 g/mol. The Morgan fingerprint density at radius 3 is 2.69 bits per heavy atom. The van der Waals surface area contributed by atoms with Gasteiger partial charge < -0.3 is 15.7 Å². The molecule has 0 heterocycles. The van der Waals surface area contributed by atoms with Gasteiger partial charge in [-0.1, -0.05) is 17.7 Å². The Morgan fingerprint density at radius 1 is 1.44 bits per heavy atom. The van der Waals surface area contributed by atoms with Gasteiger partial charge >= 0.3 is 5.97 Å². The van der Waals surface area contributed by atoms with E-state index < -0.39 is 5.97 Å². The van der Waals surface area contributed by atoms with Crippen LogP contribution >= 0.6 is 11.6 Å². The van der Waals surface area contributed by atoms with Crippen LogP contribution in [0.15, 0.2) is 18.2 Å². The van der Waals surface area contributed by atoms with E-state index in [0.29, 0.717) is 0 Å². The number of rotatable bonds is 4. The van der Waals surface area contributed by atoms with Crippen molar-refractivity contribution in [2.75, 3.05) is 18.9 Å². The second-order valence-corrected chi connectivity index (χ2v) is 3.45. The van der Waals surface area contributed by atoms with Crippen LogP contribution in [-0.2, 0) is 4.79 Å². The fraction of sp³-hybridized carbons (Fsp3) is 0.200. The highest BCUT2D eigenvalue weighted by Gasteiger charge is 2.15. The first-order valence-corrected chi connectivity index (χ1v) is 4.90. The van der Waals surface area contributed by atoms with E-state index in [2.05, 4.69) is 10.6 Å². The van der Waals surface area contributed by atoms with Crippen molar-refractivity contribution in [2.24, 2.45) is 0 Å². The van der Waals surface area contributed by atoms with E-state index in [9.17, 15) is 9.59 Å². The van der Waals surface area contributed by atoms with Crippen molar-refractivity contribution < 1.29 is 14.7 Å². The third-order valence-corrected chi connectivity index (χ3v) is 2.15. The molecule has 0 spiro atoms. The number of carbonyl (C=O) groups is 2. The highest BCUT2D eigenvalue weighted by atomic mass is 35.5. The fourth-order valence-electron chi connectivity index (χ4n) is 1.20. The molecule has 0 radical (unpaired) electrons. The standard InChI is InChI=1S/C10H11ClN2O3/c1-12-5-8(14)13-7-4-2-3-6(11)9(7)10(15)16/h2-4,12H,5H2,1H3,(H,13,14)(H,15,16). The number of hydrogen-bond donors (Lipinski definition) is 3. The van der Waals surface area contributed by atoms with E-state index in [1.165, 1.54) is 12.1 Å². The monoisotopic (exact) mass is 242 g/mol. The molecule has 3 N–H and O–H groups in total. The van der Waals surface area contributed by atoms with Crippen molar-refractivity contribution in [3.63, 3.8) is 0 Å². The van der Waals surface area contributed by atoms with Gasteiger partial charge in [0.2, 0.25) is 5.91 Å². The van der Waals surface area contributed by atoms with Crippen LogP contribution in [0.3, 0.4) is 0 Å². The summed E-state index contributed by atoms with van der Waals surface area (Å²) >= 11 is 5.74. The summed E-state index contributed by atoms with van der Waals surface area (Å²) in [5.41, 5.74) is 0.0915. The molecule has 0 aliphatic carbocycles. The molecule has 0 aromatic heterocycles. The molecule has 1 aromatic carbocycles. The zero-order chi connectivity index (χ0) is 12.1. The van der Waals surface area contributed by atoms with Crippen molar-refractivity contribution >= 4 is 29.2 Å². The first kappa shape index (κ1) is 12.5. The maximum atomic E-state index is 11.3. The minimum atomic E-state index is -1.18. The number of carboxylic acids is 1. The van der Waals surface area contributed by atoms with E-state index >= 15 is 0 Å². The van der Waals surface area contributed by atoms with E-state index in [-0.39, 0.29) is 28.7 Å². The Kier molecular flexibility index (Phi) is 4.28. The molecule has 16 heavy (non-hydrogen) atoms. The summed E-state index contributed by atoms with van der Waals surface area (Å²) in [7, 11) is 1.62. The normalized spacial score (nSPS) is 9.88. The second-order valence-electron chi connectivity index (χ2n) is 3.05. The minimum Gasteiger partial charge on any atom is -0.478 e. The summed E-state index contributed by atoms with van der Waals surface area (Å²) in [5.74, 6) is -1.50. The molecule has 0 bridgehead atoms. The lowest BCUT2D eigenvalue weighted by molar-refractivity contribution is -0.115. The highest BCUT2D eigenvalue weighted by molar-refractivity contribution is 6.34. The number of carbonyl (C=O) groups excluding carboxylic acids is 1. The Morgan fingerprint density at radius 2 is 2.12 bits per heavy atom. The molecule has 1 aromatic rings. The van der Waals surface area contributed by atoms with Gasteiger partial charge in [-0.15, -0.1) is 0 Å². The van der Waals surface area contributed by atoms with E-state index in [4.69, 9.17) is 16.7 Å². The SMILES string of the molecule is CNCC(=O)Nc1cccc(Cl)c1C(=O)O. The third-order valence-electron chi connectivity index (χ3n) is 1.84. The van der Waals surface area contributed by atoms with Gasteiger partial charge in [-0.3, -0.25) is 4.79 Å². The summed E-state index contributed by atoms with van der Waals surface area (Å²) in [5, 5.41) is 14.2. The minimum absolute atomic E-state index is 0.0924. The topological polar surface area (TPSA) is 78.4 Å². The molecule has 1 rings (SSSR count). The lowest BCUT2D eigenvalue weighted by Crippen LogP contribution is -2.26. The van der Waals surface area contributed by atoms with Crippen LogP contribution in [-0.4, -0.2) is 30.6 Å². The first-order chi connectivity index (χ1) is 7.56. The Hall–Kier alpha value is -1.59. The van der Waals surface area contributed by atoms with Crippen LogP contribution in [0.2, 0.25) is 5.02 Å². The number of benzene rings is 1. The largest absolute Gasteiger partial charge is 0.478 e. The quantitative estimate of drug-likeness (QED) is 0.741. The Labute approximate surface area is 97.4 Å². The summed E-state index contributed by atoms with van der Waals surface area (Å²) in [6.45, 7) is 0.103. The lowest BCUT2D eigenvalue weighted by atomic mass is 10.2. The van der Waals surface area contributed by atoms with Crippen LogP contribution in [0.4, 0.5) is 5.69 Å². The van der Waals surface area contributed by atoms with E-state index in [1.54, 1.807) is 13.1 Å². The second kappa shape index (κ2) is 5.48. The van der Waals surface area contributed by atoms with Gasteiger partial charge in [0, 0.05) is 0 Å². The number of halogens is 1. The van der Waals surface area contributed by atoms with Gasteiger partial charge in [0.25, 0.3) is 0 Å². The molecule has 86 valence electrons. The highest BCUT2D eigenvalue weighted by Crippen LogP contribution is 2.24. The molecule has 5 nitrogen and oxygen atoms in total. The van der Waals surface area contributed by atoms with Gasteiger partial charge in [0.15, 0.2) is 0 Å². The van der Waals surface area contributed by atoms with Gasteiger partial charge in [-0.05, 0) is 19.2 Å². The number of likely N-dealkylation sites (N-methyl/N-ethyl adjacent to an activating group) is 1. The van der Waals surface area contributed by atoms with Crippen LogP contribution in [0.5, 0.6) is 0 Å². The van der Waals surface area contributed by atoms with Gasteiger partial charge in [-0.2, -0.15) is 0 Å². The molecule has 0 aliphatic rings. The molecule has 0 saturated heterocycles. The zero-order valence-electron chi connectivity index (χ0n) is 8.58. The average Bonchev–Trinajstić information content (AvgIpc) is 2.17. The number of hydrogen-bond acceptors (Lipinski definition) is 3. The number of nitrogens with one attached hydrogen (secondary N) is 2. The lowest BCUT2D eigenvalue weighted by Gasteiger charge is -2.09. The first-order valence-electron chi connectivity index (χ1n) is 4.52. The third kappa shape index (κ3) is 2.95. The summed E-state index contributed by atoms with van der Waals surface area (Å²) < 4.78 is 0. The summed E-state index contributed by atoms with van der Waals surface area (Å²) in [6, 6.07) is 4.52.